The van der Waals surface area contributed by atoms with Gasteiger partial charge in [-0.25, -0.2) is 0 Å². The lowest BCUT2D eigenvalue weighted by molar-refractivity contribution is 0.121. The minimum Gasteiger partial charge on any atom is -0.374 e. The predicted molar refractivity (Wildman–Crippen MR) is 71.2 cm³/mol. The molecule has 1 N–H and O–H groups in total. The van der Waals surface area contributed by atoms with E-state index in [1.54, 1.807) is 11.3 Å². The molecule has 1 heterocycles. The molecule has 1 rings (SSSR count). The highest BCUT2D eigenvalue weighted by Gasteiger charge is 2.13. The van der Waals surface area contributed by atoms with Crippen molar-refractivity contribution < 1.29 is 4.74 Å². The molecule has 0 aliphatic heterocycles. The van der Waals surface area contributed by atoms with E-state index in [4.69, 9.17) is 4.74 Å². The summed E-state index contributed by atoms with van der Waals surface area (Å²) in [5, 5.41) is 14.0. The number of aromatic nitrogens is 2. The van der Waals surface area contributed by atoms with Crippen LogP contribution < -0.4 is 5.32 Å². The first-order valence-electron chi connectivity index (χ1n) is 6.45. The van der Waals surface area contributed by atoms with Gasteiger partial charge in [0, 0.05) is 6.61 Å². The topological polar surface area (TPSA) is 47.0 Å². The zero-order chi connectivity index (χ0) is 12.5. The summed E-state index contributed by atoms with van der Waals surface area (Å²) in [6.07, 6.45) is 3.23. The molecular formula is C12H23N3OS. The molecule has 0 bridgehead atoms. The molecule has 0 saturated carbocycles. The first-order chi connectivity index (χ1) is 8.31. The summed E-state index contributed by atoms with van der Waals surface area (Å²) in [7, 11) is 0. The molecule has 0 spiro atoms. The van der Waals surface area contributed by atoms with Crippen LogP contribution in [0.2, 0.25) is 0 Å². The Hall–Kier alpha value is -0.520. The van der Waals surface area contributed by atoms with Crippen molar-refractivity contribution in [2.75, 3.05) is 13.2 Å². The van der Waals surface area contributed by atoms with Crippen LogP contribution in [0.15, 0.2) is 0 Å². The third-order valence-corrected chi connectivity index (χ3v) is 3.41. The van der Waals surface area contributed by atoms with Gasteiger partial charge in [0.25, 0.3) is 0 Å². The van der Waals surface area contributed by atoms with Crippen LogP contribution in [0.1, 0.15) is 56.1 Å². The summed E-state index contributed by atoms with van der Waals surface area (Å²) in [5.74, 6) is 0. The smallest absolute Gasteiger partial charge is 0.143 e. The number of hydrogen-bond donors (Lipinski definition) is 1. The number of rotatable bonds is 9. The minimum atomic E-state index is 0.340. The van der Waals surface area contributed by atoms with Crippen LogP contribution in [0.4, 0.5) is 0 Å². The Labute approximate surface area is 108 Å². The number of hydrogen-bond acceptors (Lipinski definition) is 5. The van der Waals surface area contributed by atoms with Gasteiger partial charge in [-0.15, -0.1) is 10.2 Å². The van der Waals surface area contributed by atoms with Gasteiger partial charge in [-0.05, 0) is 25.8 Å². The molecular weight excluding hydrogens is 234 g/mol. The maximum Gasteiger partial charge on any atom is 0.143 e. The van der Waals surface area contributed by atoms with Crippen molar-refractivity contribution in [3.63, 3.8) is 0 Å². The Morgan fingerprint density at radius 2 is 2.06 bits per heavy atom. The molecule has 0 aliphatic rings. The van der Waals surface area contributed by atoms with Gasteiger partial charge in [-0.3, -0.25) is 0 Å². The summed E-state index contributed by atoms with van der Waals surface area (Å²) in [4.78, 5) is 0. The number of ether oxygens (including phenoxy) is 1. The Bertz CT molecular complexity index is 304. The van der Waals surface area contributed by atoms with Gasteiger partial charge < -0.3 is 10.1 Å². The van der Waals surface area contributed by atoms with Gasteiger partial charge in [0.1, 0.15) is 16.6 Å². The number of nitrogens with one attached hydrogen (secondary N) is 1. The molecule has 1 aromatic heterocycles. The quantitative estimate of drug-likeness (QED) is 0.691. The molecule has 1 aromatic rings. The van der Waals surface area contributed by atoms with Crippen LogP contribution in [0.25, 0.3) is 0 Å². The predicted octanol–water partition coefficient (Wildman–Crippen LogP) is 2.92. The molecule has 0 saturated heterocycles. The van der Waals surface area contributed by atoms with E-state index in [1.807, 2.05) is 0 Å². The molecule has 4 nitrogen and oxygen atoms in total. The molecule has 17 heavy (non-hydrogen) atoms. The largest absolute Gasteiger partial charge is 0.374 e. The first-order valence-corrected chi connectivity index (χ1v) is 7.26. The van der Waals surface area contributed by atoms with Gasteiger partial charge in [0.05, 0.1) is 6.04 Å². The van der Waals surface area contributed by atoms with Crippen molar-refractivity contribution in [3.8, 4) is 0 Å². The second-order valence-electron chi connectivity index (χ2n) is 4.00. The lowest BCUT2D eigenvalue weighted by atomic mass is 10.2. The average molecular weight is 257 g/mol. The molecule has 0 fully saturated rings. The normalized spacial score (nSPS) is 12.9. The molecule has 0 amide bonds. The van der Waals surface area contributed by atoms with Gasteiger partial charge in [-0.2, -0.15) is 0 Å². The summed E-state index contributed by atoms with van der Waals surface area (Å²) in [6, 6.07) is 0.340. The van der Waals surface area contributed by atoms with E-state index >= 15 is 0 Å². The summed E-state index contributed by atoms with van der Waals surface area (Å²) in [6.45, 7) is 8.86. The van der Waals surface area contributed by atoms with Crippen molar-refractivity contribution in [1.29, 1.82) is 0 Å². The Kier molecular flexibility index (Phi) is 7.32. The van der Waals surface area contributed by atoms with Gasteiger partial charge in [0.15, 0.2) is 0 Å². The van der Waals surface area contributed by atoms with Crippen LogP contribution >= 0.6 is 11.3 Å². The van der Waals surface area contributed by atoms with E-state index in [9.17, 15) is 0 Å². The maximum atomic E-state index is 5.46. The van der Waals surface area contributed by atoms with Crippen molar-refractivity contribution in [1.82, 2.24) is 15.5 Å². The SMILES string of the molecule is CCCNC(CC)c1nnc(COCCC)s1. The molecule has 0 radical (unpaired) electrons. The second-order valence-corrected chi connectivity index (χ2v) is 5.10. The van der Waals surface area contributed by atoms with Crippen LogP contribution in [0.5, 0.6) is 0 Å². The van der Waals surface area contributed by atoms with Gasteiger partial charge >= 0.3 is 0 Å². The third-order valence-electron chi connectivity index (χ3n) is 2.40. The molecule has 5 heteroatoms. The van der Waals surface area contributed by atoms with Crippen molar-refractivity contribution >= 4 is 11.3 Å². The third kappa shape index (κ3) is 5.10. The van der Waals surface area contributed by atoms with Crippen LogP contribution in [0.3, 0.4) is 0 Å². The first kappa shape index (κ1) is 14.5. The van der Waals surface area contributed by atoms with E-state index in [-0.39, 0.29) is 0 Å². The minimum absolute atomic E-state index is 0.340. The van der Waals surface area contributed by atoms with E-state index in [0.29, 0.717) is 12.6 Å². The van der Waals surface area contributed by atoms with Crippen molar-refractivity contribution in [2.45, 2.75) is 52.7 Å². The molecule has 98 valence electrons. The monoisotopic (exact) mass is 257 g/mol. The second kappa shape index (κ2) is 8.55. The Morgan fingerprint density at radius 3 is 2.71 bits per heavy atom. The highest BCUT2D eigenvalue weighted by Crippen LogP contribution is 2.21. The van der Waals surface area contributed by atoms with E-state index in [0.717, 1.165) is 42.4 Å². The molecule has 0 aliphatic carbocycles. The maximum absolute atomic E-state index is 5.46. The highest BCUT2D eigenvalue weighted by molar-refractivity contribution is 7.11. The summed E-state index contributed by atoms with van der Waals surface area (Å²) in [5.41, 5.74) is 0. The van der Waals surface area contributed by atoms with E-state index in [2.05, 4.69) is 36.3 Å². The fourth-order valence-corrected chi connectivity index (χ4v) is 2.43. The zero-order valence-electron chi connectivity index (χ0n) is 11.0. The standard InChI is InChI=1S/C12H23N3OS/c1-4-7-13-10(6-3)12-15-14-11(17-12)9-16-8-5-2/h10,13H,4-9H2,1-3H3. The van der Waals surface area contributed by atoms with E-state index < -0.39 is 0 Å². The molecule has 1 atom stereocenters. The van der Waals surface area contributed by atoms with Crippen LogP contribution in [0, 0.1) is 0 Å². The lowest BCUT2D eigenvalue weighted by Gasteiger charge is -2.12. The molecule has 0 aromatic carbocycles. The van der Waals surface area contributed by atoms with Gasteiger partial charge in [-0.1, -0.05) is 32.1 Å². The summed E-state index contributed by atoms with van der Waals surface area (Å²) >= 11 is 1.66. The lowest BCUT2D eigenvalue weighted by Crippen LogP contribution is -2.21. The molecule has 1 unspecified atom stereocenters. The zero-order valence-corrected chi connectivity index (χ0v) is 11.8. The average Bonchev–Trinajstić information content (AvgIpc) is 2.79. The van der Waals surface area contributed by atoms with Crippen LogP contribution in [-0.2, 0) is 11.3 Å². The van der Waals surface area contributed by atoms with Crippen LogP contribution in [-0.4, -0.2) is 23.3 Å². The van der Waals surface area contributed by atoms with E-state index in [1.165, 1.54) is 0 Å². The summed E-state index contributed by atoms with van der Waals surface area (Å²) < 4.78 is 5.46. The van der Waals surface area contributed by atoms with Crippen molar-refractivity contribution in [2.24, 2.45) is 0 Å². The highest BCUT2D eigenvalue weighted by atomic mass is 32.1. The fraction of sp³-hybridized carbons (Fsp3) is 0.833. The Morgan fingerprint density at radius 1 is 1.24 bits per heavy atom. The fourth-order valence-electron chi connectivity index (χ4n) is 1.49. The van der Waals surface area contributed by atoms with Crippen molar-refractivity contribution in [3.05, 3.63) is 10.0 Å². The number of nitrogens with zero attached hydrogens (tertiary/aromatic N) is 2. The van der Waals surface area contributed by atoms with Gasteiger partial charge in [0.2, 0.25) is 0 Å². The Balaban J connectivity index is 2.46.